The molecule has 0 aliphatic rings. The van der Waals surface area contributed by atoms with Gasteiger partial charge >= 0.3 is 5.97 Å². The van der Waals surface area contributed by atoms with Gasteiger partial charge in [-0.15, -0.1) is 0 Å². The highest BCUT2D eigenvalue weighted by Gasteiger charge is 2.21. The fraction of sp³-hybridized carbons (Fsp3) is 0.583. The number of carbonyl (C=O) groups excluding carboxylic acids is 1. The first-order valence-corrected chi connectivity index (χ1v) is 6.36. The quantitative estimate of drug-likeness (QED) is 0.841. The summed E-state index contributed by atoms with van der Waals surface area (Å²) in [5.74, 6) is -0.233. The van der Waals surface area contributed by atoms with E-state index in [9.17, 15) is 4.79 Å². The van der Waals surface area contributed by atoms with Gasteiger partial charge in [0, 0.05) is 22.9 Å². The second-order valence-corrected chi connectivity index (χ2v) is 5.89. The number of hydrogen-bond donors (Lipinski definition) is 2. The zero-order valence-corrected chi connectivity index (χ0v) is 12.2. The third-order valence-corrected chi connectivity index (χ3v) is 2.52. The van der Waals surface area contributed by atoms with Gasteiger partial charge in [-0.3, -0.25) is 10.1 Å². The molecular formula is C12H19BrN2O2. The molecule has 0 aliphatic heterocycles. The van der Waals surface area contributed by atoms with Crippen molar-refractivity contribution in [3.05, 3.63) is 22.4 Å². The maximum absolute atomic E-state index is 11.7. The highest BCUT2D eigenvalue weighted by atomic mass is 79.9. The lowest BCUT2D eigenvalue weighted by atomic mass is 10.2. The summed E-state index contributed by atoms with van der Waals surface area (Å²) in [5, 5.41) is 3.11. The zero-order chi connectivity index (χ0) is 13.1. The van der Waals surface area contributed by atoms with Gasteiger partial charge in [0.15, 0.2) is 0 Å². The summed E-state index contributed by atoms with van der Waals surface area (Å²) >= 11 is 3.36. The molecule has 0 aliphatic carbocycles. The normalized spacial score (nSPS) is 13.5. The van der Waals surface area contributed by atoms with E-state index in [0.717, 1.165) is 10.2 Å². The molecule has 0 amide bonds. The highest BCUT2D eigenvalue weighted by molar-refractivity contribution is 9.10. The summed E-state index contributed by atoms with van der Waals surface area (Å²) in [7, 11) is 0. The Morgan fingerprint density at radius 2 is 2.24 bits per heavy atom. The molecule has 1 unspecified atom stereocenters. The summed E-state index contributed by atoms with van der Waals surface area (Å²) in [5.41, 5.74) is 0.579. The van der Waals surface area contributed by atoms with Crippen LogP contribution in [0.25, 0.3) is 0 Å². The first-order chi connectivity index (χ1) is 7.78. The number of halogens is 1. The average molecular weight is 303 g/mol. The number of hydrogen-bond acceptors (Lipinski definition) is 3. The van der Waals surface area contributed by atoms with Crippen molar-refractivity contribution in [3.8, 4) is 0 Å². The predicted molar refractivity (Wildman–Crippen MR) is 70.6 cm³/mol. The van der Waals surface area contributed by atoms with Crippen LogP contribution in [0.3, 0.4) is 0 Å². The highest BCUT2D eigenvalue weighted by Crippen LogP contribution is 2.11. The van der Waals surface area contributed by atoms with Crippen molar-refractivity contribution in [2.24, 2.45) is 0 Å². The van der Waals surface area contributed by atoms with Crippen LogP contribution in [-0.4, -0.2) is 22.6 Å². The van der Waals surface area contributed by atoms with Crippen LogP contribution in [0.15, 0.2) is 16.7 Å². The summed E-state index contributed by atoms with van der Waals surface area (Å²) < 4.78 is 6.27. The summed E-state index contributed by atoms with van der Waals surface area (Å²) in [6.07, 6.45) is 1.86. The van der Waals surface area contributed by atoms with Crippen molar-refractivity contribution in [2.75, 3.05) is 0 Å². The lowest BCUT2D eigenvalue weighted by molar-refractivity contribution is -0.157. The standard InChI is InChI=1S/C12H19BrN2O2/c1-8(11(16)17-12(2,3)4)14-7-10-5-9(13)6-15-10/h5-6,8,14-15H,7H2,1-4H3. The molecule has 96 valence electrons. The van der Waals surface area contributed by atoms with Gasteiger partial charge in [0.2, 0.25) is 0 Å². The van der Waals surface area contributed by atoms with Crippen LogP contribution in [0.5, 0.6) is 0 Å². The number of nitrogens with one attached hydrogen (secondary N) is 2. The second-order valence-electron chi connectivity index (χ2n) is 4.98. The number of esters is 1. The number of H-pyrrole nitrogens is 1. The average Bonchev–Trinajstić information content (AvgIpc) is 2.58. The zero-order valence-electron chi connectivity index (χ0n) is 10.6. The maximum Gasteiger partial charge on any atom is 0.323 e. The van der Waals surface area contributed by atoms with Crippen molar-refractivity contribution in [2.45, 2.75) is 45.9 Å². The molecule has 1 atom stereocenters. The van der Waals surface area contributed by atoms with Gasteiger partial charge in [0.05, 0.1) is 0 Å². The van der Waals surface area contributed by atoms with Crippen LogP contribution in [0.4, 0.5) is 0 Å². The number of aromatic amines is 1. The van der Waals surface area contributed by atoms with E-state index in [2.05, 4.69) is 26.2 Å². The van der Waals surface area contributed by atoms with Gasteiger partial charge < -0.3 is 9.72 Å². The third kappa shape index (κ3) is 5.37. The molecule has 0 radical (unpaired) electrons. The topological polar surface area (TPSA) is 54.1 Å². The molecule has 1 rings (SSSR count). The Morgan fingerprint density at radius 3 is 2.71 bits per heavy atom. The summed E-state index contributed by atoms with van der Waals surface area (Å²) in [4.78, 5) is 14.8. The molecule has 0 aromatic carbocycles. The Balaban J connectivity index is 2.39. The van der Waals surface area contributed by atoms with Crippen LogP contribution in [-0.2, 0) is 16.1 Å². The first-order valence-electron chi connectivity index (χ1n) is 5.57. The SMILES string of the molecule is CC(NCc1cc(Br)c[nH]1)C(=O)OC(C)(C)C. The van der Waals surface area contributed by atoms with Crippen LogP contribution in [0, 0.1) is 0 Å². The predicted octanol–water partition coefficient (Wildman–Crippen LogP) is 2.60. The van der Waals surface area contributed by atoms with E-state index in [1.807, 2.05) is 33.0 Å². The van der Waals surface area contributed by atoms with Gasteiger partial charge in [0.1, 0.15) is 11.6 Å². The number of carbonyl (C=O) groups is 1. The maximum atomic E-state index is 11.7. The molecule has 1 aromatic heterocycles. The molecule has 17 heavy (non-hydrogen) atoms. The molecule has 1 heterocycles. The molecule has 4 nitrogen and oxygen atoms in total. The van der Waals surface area contributed by atoms with E-state index in [-0.39, 0.29) is 12.0 Å². The Morgan fingerprint density at radius 1 is 1.59 bits per heavy atom. The molecule has 2 N–H and O–H groups in total. The van der Waals surface area contributed by atoms with E-state index in [0.29, 0.717) is 6.54 Å². The van der Waals surface area contributed by atoms with Crippen LogP contribution < -0.4 is 5.32 Å². The van der Waals surface area contributed by atoms with E-state index in [1.54, 1.807) is 6.92 Å². The summed E-state index contributed by atoms with van der Waals surface area (Å²) in [6, 6.07) is 1.64. The Bertz CT molecular complexity index is 382. The fourth-order valence-corrected chi connectivity index (χ4v) is 1.64. The Hall–Kier alpha value is -0.810. The van der Waals surface area contributed by atoms with Crippen molar-refractivity contribution in [1.29, 1.82) is 0 Å². The molecule has 5 heteroatoms. The number of aromatic nitrogens is 1. The largest absolute Gasteiger partial charge is 0.459 e. The van der Waals surface area contributed by atoms with E-state index < -0.39 is 5.60 Å². The Kier molecular flexibility index (Phi) is 4.77. The molecule has 0 saturated heterocycles. The van der Waals surface area contributed by atoms with Crippen LogP contribution in [0.2, 0.25) is 0 Å². The molecule has 0 bridgehead atoms. The van der Waals surface area contributed by atoms with E-state index >= 15 is 0 Å². The number of rotatable bonds is 4. The van der Waals surface area contributed by atoms with Crippen LogP contribution in [0.1, 0.15) is 33.4 Å². The minimum atomic E-state index is -0.442. The molecule has 1 aromatic rings. The van der Waals surface area contributed by atoms with Crippen molar-refractivity contribution >= 4 is 21.9 Å². The first kappa shape index (κ1) is 14.3. The molecule has 0 saturated carbocycles. The molecule has 0 fully saturated rings. The van der Waals surface area contributed by atoms with E-state index in [1.165, 1.54) is 0 Å². The van der Waals surface area contributed by atoms with Gasteiger partial charge in [-0.1, -0.05) is 0 Å². The third-order valence-electron chi connectivity index (χ3n) is 2.07. The molecular weight excluding hydrogens is 284 g/mol. The van der Waals surface area contributed by atoms with Crippen molar-refractivity contribution in [1.82, 2.24) is 10.3 Å². The minimum Gasteiger partial charge on any atom is -0.459 e. The van der Waals surface area contributed by atoms with Crippen molar-refractivity contribution in [3.63, 3.8) is 0 Å². The van der Waals surface area contributed by atoms with Crippen LogP contribution >= 0.6 is 15.9 Å². The Labute approximate surface area is 110 Å². The lowest BCUT2D eigenvalue weighted by Crippen LogP contribution is -2.38. The molecule has 0 spiro atoms. The number of ether oxygens (including phenoxy) is 1. The van der Waals surface area contributed by atoms with Gasteiger partial charge in [-0.25, -0.2) is 0 Å². The fourth-order valence-electron chi connectivity index (χ4n) is 1.25. The van der Waals surface area contributed by atoms with E-state index in [4.69, 9.17) is 4.74 Å². The minimum absolute atomic E-state index is 0.233. The monoisotopic (exact) mass is 302 g/mol. The smallest absolute Gasteiger partial charge is 0.323 e. The van der Waals surface area contributed by atoms with Gasteiger partial charge in [-0.2, -0.15) is 0 Å². The van der Waals surface area contributed by atoms with Gasteiger partial charge in [0.25, 0.3) is 0 Å². The summed E-state index contributed by atoms with van der Waals surface area (Å²) in [6.45, 7) is 7.98. The second kappa shape index (κ2) is 5.69. The van der Waals surface area contributed by atoms with Crippen molar-refractivity contribution < 1.29 is 9.53 Å². The van der Waals surface area contributed by atoms with Gasteiger partial charge in [-0.05, 0) is 49.7 Å². The lowest BCUT2D eigenvalue weighted by Gasteiger charge is -2.22.